The van der Waals surface area contributed by atoms with Crippen LogP contribution in [0.1, 0.15) is 78.1 Å². The van der Waals surface area contributed by atoms with Crippen LogP contribution in [0.3, 0.4) is 0 Å². The van der Waals surface area contributed by atoms with Gasteiger partial charge in [-0.25, -0.2) is 0 Å². The Bertz CT molecular complexity index is 201. The fourth-order valence-corrected chi connectivity index (χ4v) is 3.64. The molecule has 0 spiro atoms. The summed E-state index contributed by atoms with van der Waals surface area (Å²) < 4.78 is 0. The average Bonchev–Trinajstić information content (AvgIpc) is 2.42. The maximum Gasteiger partial charge on any atom is 0.0248 e. The molecule has 0 aromatic heterocycles. The Balaban J connectivity index is 2.60. The van der Waals surface area contributed by atoms with E-state index in [2.05, 4.69) is 31.1 Å². The third kappa shape index (κ3) is 6.27. The molecule has 114 valence electrons. The van der Waals surface area contributed by atoms with Gasteiger partial charge in [-0.05, 0) is 33.0 Å². The van der Waals surface area contributed by atoms with Crippen molar-refractivity contribution in [3.63, 3.8) is 0 Å². The maximum atomic E-state index is 3.61. The molecule has 1 aliphatic carbocycles. The number of hydrogen-bond donors (Lipinski definition) is 1. The van der Waals surface area contributed by atoms with E-state index in [1.807, 2.05) is 0 Å². The lowest BCUT2D eigenvalue weighted by atomic mass is 9.93. The highest BCUT2D eigenvalue weighted by molar-refractivity contribution is 4.83. The van der Waals surface area contributed by atoms with Crippen molar-refractivity contribution in [2.45, 2.75) is 90.1 Å². The van der Waals surface area contributed by atoms with Crippen molar-refractivity contribution in [2.75, 3.05) is 20.1 Å². The van der Waals surface area contributed by atoms with Gasteiger partial charge in [-0.2, -0.15) is 0 Å². The lowest BCUT2D eigenvalue weighted by Crippen LogP contribution is -2.49. The number of nitrogens with zero attached hydrogens (tertiary/aromatic N) is 1. The van der Waals surface area contributed by atoms with Crippen LogP contribution in [0.2, 0.25) is 0 Å². The first-order valence-corrected chi connectivity index (χ1v) is 8.74. The molecule has 0 saturated heterocycles. The molecule has 2 atom stereocenters. The molecule has 1 saturated carbocycles. The maximum absolute atomic E-state index is 3.61. The van der Waals surface area contributed by atoms with E-state index in [1.165, 1.54) is 77.3 Å². The van der Waals surface area contributed by atoms with Crippen molar-refractivity contribution in [1.82, 2.24) is 10.2 Å². The van der Waals surface area contributed by atoms with Gasteiger partial charge in [0, 0.05) is 12.1 Å². The zero-order chi connectivity index (χ0) is 13.9. The van der Waals surface area contributed by atoms with Crippen molar-refractivity contribution in [3.05, 3.63) is 0 Å². The van der Waals surface area contributed by atoms with Crippen LogP contribution >= 0.6 is 0 Å². The minimum absolute atomic E-state index is 0.694. The first-order chi connectivity index (χ1) is 9.33. The molecule has 1 fully saturated rings. The number of rotatable bonds is 4. The fourth-order valence-electron chi connectivity index (χ4n) is 3.64. The van der Waals surface area contributed by atoms with Crippen molar-refractivity contribution in [2.24, 2.45) is 0 Å². The molecule has 19 heavy (non-hydrogen) atoms. The summed E-state index contributed by atoms with van der Waals surface area (Å²) in [5, 5.41) is 3.61. The Morgan fingerprint density at radius 3 is 1.74 bits per heavy atom. The van der Waals surface area contributed by atoms with Gasteiger partial charge in [0.2, 0.25) is 0 Å². The standard InChI is InChI=1S/C17H36N2/c1-4-19(5-2)17-15-13-11-9-7-6-8-10-12-14-16(17)18-3/h16-18H,4-15H2,1-3H3. The summed E-state index contributed by atoms with van der Waals surface area (Å²) in [5.74, 6) is 0. The highest BCUT2D eigenvalue weighted by atomic mass is 15.2. The second-order valence-corrected chi connectivity index (χ2v) is 6.09. The van der Waals surface area contributed by atoms with Crippen LogP contribution in [-0.4, -0.2) is 37.1 Å². The minimum Gasteiger partial charge on any atom is -0.315 e. The summed E-state index contributed by atoms with van der Waals surface area (Å²) in [6.07, 6.45) is 14.3. The van der Waals surface area contributed by atoms with Gasteiger partial charge >= 0.3 is 0 Å². The van der Waals surface area contributed by atoms with Gasteiger partial charge in [-0.1, -0.05) is 65.2 Å². The Kier molecular flexibility index (Phi) is 9.54. The zero-order valence-corrected chi connectivity index (χ0v) is 13.6. The van der Waals surface area contributed by atoms with Crippen LogP contribution in [0.15, 0.2) is 0 Å². The van der Waals surface area contributed by atoms with Crippen LogP contribution in [-0.2, 0) is 0 Å². The summed E-state index contributed by atoms with van der Waals surface area (Å²) >= 11 is 0. The summed E-state index contributed by atoms with van der Waals surface area (Å²) in [6, 6.07) is 1.44. The summed E-state index contributed by atoms with van der Waals surface area (Å²) in [5.41, 5.74) is 0. The Morgan fingerprint density at radius 2 is 1.26 bits per heavy atom. The molecule has 0 amide bonds. The molecule has 0 aromatic rings. The second-order valence-electron chi connectivity index (χ2n) is 6.09. The number of likely N-dealkylation sites (N-methyl/N-ethyl adjacent to an activating group) is 2. The van der Waals surface area contributed by atoms with Gasteiger partial charge in [0.05, 0.1) is 0 Å². The average molecular weight is 268 g/mol. The molecule has 1 N–H and O–H groups in total. The van der Waals surface area contributed by atoms with Crippen LogP contribution in [0.5, 0.6) is 0 Å². The van der Waals surface area contributed by atoms with E-state index in [9.17, 15) is 0 Å². The summed E-state index contributed by atoms with van der Waals surface area (Å²) in [6.45, 7) is 7.01. The zero-order valence-electron chi connectivity index (χ0n) is 13.6. The number of nitrogens with one attached hydrogen (secondary N) is 1. The van der Waals surface area contributed by atoms with E-state index in [0.717, 1.165) is 6.04 Å². The van der Waals surface area contributed by atoms with Crippen LogP contribution in [0.25, 0.3) is 0 Å². The Labute approximate surface area is 121 Å². The van der Waals surface area contributed by atoms with E-state index in [1.54, 1.807) is 0 Å². The van der Waals surface area contributed by atoms with Gasteiger partial charge in [0.25, 0.3) is 0 Å². The van der Waals surface area contributed by atoms with Crippen molar-refractivity contribution >= 4 is 0 Å². The molecule has 1 aliphatic rings. The van der Waals surface area contributed by atoms with E-state index >= 15 is 0 Å². The Morgan fingerprint density at radius 1 is 0.789 bits per heavy atom. The minimum atomic E-state index is 0.694. The molecule has 2 unspecified atom stereocenters. The lowest BCUT2D eigenvalue weighted by Gasteiger charge is -2.36. The van der Waals surface area contributed by atoms with Crippen molar-refractivity contribution in [3.8, 4) is 0 Å². The highest BCUT2D eigenvalue weighted by Crippen LogP contribution is 2.20. The first kappa shape index (κ1) is 17.0. The van der Waals surface area contributed by atoms with E-state index in [4.69, 9.17) is 0 Å². The molecule has 0 bridgehead atoms. The van der Waals surface area contributed by atoms with Gasteiger partial charge < -0.3 is 5.32 Å². The third-order valence-corrected chi connectivity index (χ3v) is 4.88. The number of hydrogen-bond acceptors (Lipinski definition) is 2. The van der Waals surface area contributed by atoms with Crippen molar-refractivity contribution in [1.29, 1.82) is 0 Å². The Hall–Kier alpha value is -0.0800. The van der Waals surface area contributed by atoms with Crippen LogP contribution < -0.4 is 5.32 Å². The van der Waals surface area contributed by atoms with Crippen LogP contribution in [0, 0.1) is 0 Å². The van der Waals surface area contributed by atoms with Gasteiger partial charge in [0.1, 0.15) is 0 Å². The predicted molar refractivity (Wildman–Crippen MR) is 85.7 cm³/mol. The normalized spacial score (nSPS) is 27.8. The highest BCUT2D eigenvalue weighted by Gasteiger charge is 2.24. The summed E-state index contributed by atoms with van der Waals surface area (Å²) in [4.78, 5) is 2.67. The smallest absolute Gasteiger partial charge is 0.0248 e. The third-order valence-electron chi connectivity index (χ3n) is 4.88. The molecular weight excluding hydrogens is 232 g/mol. The SMILES string of the molecule is CCN(CC)C1CCCCCCCCCCC1NC. The quantitative estimate of drug-likeness (QED) is 0.822. The lowest BCUT2D eigenvalue weighted by molar-refractivity contribution is 0.155. The largest absolute Gasteiger partial charge is 0.315 e. The monoisotopic (exact) mass is 268 g/mol. The topological polar surface area (TPSA) is 15.3 Å². The molecule has 0 radical (unpaired) electrons. The van der Waals surface area contributed by atoms with Gasteiger partial charge in [0.15, 0.2) is 0 Å². The molecule has 2 nitrogen and oxygen atoms in total. The predicted octanol–water partition coefficient (Wildman–Crippen LogP) is 4.20. The molecule has 0 heterocycles. The molecule has 2 heteroatoms. The molecule has 0 aliphatic heterocycles. The van der Waals surface area contributed by atoms with Crippen LogP contribution in [0.4, 0.5) is 0 Å². The van der Waals surface area contributed by atoms with E-state index in [0.29, 0.717) is 6.04 Å². The van der Waals surface area contributed by atoms with E-state index < -0.39 is 0 Å². The van der Waals surface area contributed by atoms with E-state index in [-0.39, 0.29) is 0 Å². The van der Waals surface area contributed by atoms with Gasteiger partial charge in [-0.3, -0.25) is 4.90 Å². The van der Waals surface area contributed by atoms with Crippen molar-refractivity contribution < 1.29 is 0 Å². The molecular formula is C17H36N2. The van der Waals surface area contributed by atoms with Gasteiger partial charge in [-0.15, -0.1) is 0 Å². The molecule has 1 rings (SSSR count). The summed E-state index contributed by atoms with van der Waals surface area (Å²) in [7, 11) is 2.16. The fraction of sp³-hybridized carbons (Fsp3) is 1.00. The second kappa shape index (κ2) is 10.7. The molecule has 0 aromatic carbocycles. The first-order valence-electron chi connectivity index (χ1n) is 8.74.